The number of hydrogen-bond acceptors (Lipinski definition) is 4. The summed E-state index contributed by atoms with van der Waals surface area (Å²) in [7, 11) is 0. The van der Waals surface area contributed by atoms with E-state index in [2.05, 4.69) is 15.8 Å². The third-order valence-electron chi connectivity index (χ3n) is 2.65. The van der Waals surface area contributed by atoms with E-state index in [4.69, 9.17) is 4.42 Å². The van der Waals surface area contributed by atoms with Gasteiger partial charge in [0.05, 0.1) is 12.8 Å². The van der Waals surface area contributed by atoms with Gasteiger partial charge in [0.25, 0.3) is 5.91 Å². The van der Waals surface area contributed by atoms with Crippen LogP contribution in [0.1, 0.15) is 17.1 Å². The topological polar surface area (TPSA) is 66.6 Å². The summed E-state index contributed by atoms with van der Waals surface area (Å²) in [6.07, 6.45) is 1.47. The van der Waals surface area contributed by atoms with E-state index in [9.17, 15) is 4.79 Å². The standard InChI is InChI=1S/C15H17N3O2/c1-11-3-6-13(7-4-11)16-10-15(19)18-17-9-14-8-5-12(2)20-14/h3-9,16H,10H2,1-2H3,(H,18,19). The van der Waals surface area contributed by atoms with Crippen LogP contribution in [-0.4, -0.2) is 18.7 Å². The molecule has 0 fully saturated rings. The Morgan fingerprint density at radius 3 is 2.60 bits per heavy atom. The molecule has 0 unspecified atom stereocenters. The first-order valence-electron chi connectivity index (χ1n) is 6.32. The molecule has 0 aliphatic rings. The molecule has 20 heavy (non-hydrogen) atoms. The van der Waals surface area contributed by atoms with Crippen LogP contribution in [0, 0.1) is 13.8 Å². The highest BCUT2D eigenvalue weighted by atomic mass is 16.3. The highest BCUT2D eigenvalue weighted by Crippen LogP contribution is 2.07. The summed E-state index contributed by atoms with van der Waals surface area (Å²) in [5, 5.41) is 6.84. The van der Waals surface area contributed by atoms with Gasteiger partial charge >= 0.3 is 0 Å². The van der Waals surface area contributed by atoms with Gasteiger partial charge in [-0.15, -0.1) is 0 Å². The van der Waals surface area contributed by atoms with Gasteiger partial charge in [-0.2, -0.15) is 5.10 Å². The van der Waals surface area contributed by atoms with Crippen LogP contribution in [0.2, 0.25) is 0 Å². The third kappa shape index (κ3) is 4.28. The van der Waals surface area contributed by atoms with Gasteiger partial charge in [0, 0.05) is 5.69 Å². The number of anilines is 1. The average Bonchev–Trinajstić information content (AvgIpc) is 2.84. The number of hydrazone groups is 1. The molecule has 2 rings (SSSR count). The monoisotopic (exact) mass is 271 g/mol. The molecule has 1 heterocycles. The number of carbonyl (C=O) groups is 1. The van der Waals surface area contributed by atoms with Crippen LogP contribution in [0.15, 0.2) is 45.9 Å². The van der Waals surface area contributed by atoms with E-state index in [0.29, 0.717) is 5.76 Å². The first-order valence-corrected chi connectivity index (χ1v) is 6.32. The maximum atomic E-state index is 11.6. The Balaban J connectivity index is 1.75. The first-order chi connectivity index (χ1) is 9.63. The summed E-state index contributed by atoms with van der Waals surface area (Å²) >= 11 is 0. The Labute approximate surface area is 117 Å². The van der Waals surface area contributed by atoms with Crippen molar-refractivity contribution in [3.05, 3.63) is 53.5 Å². The number of furan rings is 1. The normalized spacial score (nSPS) is 10.7. The van der Waals surface area contributed by atoms with Crippen LogP contribution < -0.4 is 10.7 Å². The zero-order valence-electron chi connectivity index (χ0n) is 11.5. The molecule has 5 heteroatoms. The number of rotatable bonds is 5. The largest absolute Gasteiger partial charge is 0.460 e. The maximum Gasteiger partial charge on any atom is 0.259 e. The van der Waals surface area contributed by atoms with Gasteiger partial charge in [0.1, 0.15) is 11.5 Å². The smallest absolute Gasteiger partial charge is 0.259 e. The van der Waals surface area contributed by atoms with Crippen LogP contribution >= 0.6 is 0 Å². The quantitative estimate of drug-likeness (QED) is 0.648. The van der Waals surface area contributed by atoms with Gasteiger partial charge in [-0.1, -0.05) is 17.7 Å². The van der Waals surface area contributed by atoms with Crippen molar-refractivity contribution in [1.82, 2.24) is 5.43 Å². The Bertz CT molecular complexity index is 600. The number of nitrogens with one attached hydrogen (secondary N) is 2. The SMILES string of the molecule is Cc1ccc(NCC(=O)NN=Cc2ccc(C)o2)cc1. The molecule has 2 N–H and O–H groups in total. The molecule has 0 bridgehead atoms. The summed E-state index contributed by atoms with van der Waals surface area (Å²) in [6.45, 7) is 4.03. The number of hydrogen-bond donors (Lipinski definition) is 2. The highest BCUT2D eigenvalue weighted by molar-refractivity contribution is 5.83. The Morgan fingerprint density at radius 1 is 1.20 bits per heavy atom. The van der Waals surface area contributed by atoms with Gasteiger partial charge in [-0.05, 0) is 38.1 Å². The summed E-state index contributed by atoms with van der Waals surface area (Å²) in [5.74, 6) is 1.19. The fourth-order valence-electron chi connectivity index (χ4n) is 1.58. The van der Waals surface area contributed by atoms with E-state index < -0.39 is 0 Å². The second-order valence-electron chi connectivity index (χ2n) is 4.46. The third-order valence-corrected chi connectivity index (χ3v) is 2.65. The number of aryl methyl sites for hydroxylation is 2. The lowest BCUT2D eigenvalue weighted by Gasteiger charge is -2.05. The molecule has 0 saturated carbocycles. The molecule has 104 valence electrons. The van der Waals surface area contributed by atoms with E-state index in [-0.39, 0.29) is 12.5 Å². The van der Waals surface area contributed by atoms with Crippen molar-refractivity contribution in [3.63, 3.8) is 0 Å². The highest BCUT2D eigenvalue weighted by Gasteiger charge is 1.99. The van der Waals surface area contributed by atoms with Crippen molar-refractivity contribution >= 4 is 17.8 Å². The molecule has 2 aromatic rings. The minimum Gasteiger partial charge on any atom is -0.460 e. The number of carbonyl (C=O) groups excluding carboxylic acids is 1. The van der Waals surface area contributed by atoms with Gasteiger partial charge in [0.2, 0.25) is 0 Å². The lowest BCUT2D eigenvalue weighted by atomic mass is 10.2. The molecule has 1 aromatic heterocycles. The van der Waals surface area contributed by atoms with Crippen molar-refractivity contribution in [3.8, 4) is 0 Å². The zero-order valence-corrected chi connectivity index (χ0v) is 11.5. The van der Waals surface area contributed by atoms with E-state index in [0.717, 1.165) is 11.4 Å². The van der Waals surface area contributed by atoms with Crippen LogP contribution in [0.5, 0.6) is 0 Å². The van der Waals surface area contributed by atoms with Crippen molar-refractivity contribution in [2.45, 2.75) is 13.8 Å². The van der Waals surface area contributed by atoms with E-state index >= 15 is 0 Å². The molecule has 0 aliphatic heterocycles. The Hall–Kier alpha value is -2.56. The van der Waals surface area contributed by atoms with E-state index in [1.165, 1.54) is 11.8 Å². The fraction of sp³-hybridized carbons (Fsp3) is 0.200. The Morgan fingerprint density at radius 2 is 1.95 bits per heavy atom. The molecule has 0 radical (unpaired) electrons. The van der Waals surface area contributed by atoms with E-state index in [1.54, 1.807) is 6.07 Å². The van der Waals surface area contributed by atoms with Crippen LogP contribution in [0.3, 0.4) is 0 Å². The van der Waals surface area contributed by atoms with Crippen molar-refractivity contribution in [2.24, 2.45) is 5.10 Å². The van der Waals surface area contributed by atoms with Gasteiger partial charge in [-0.3, -0.25) is 4.79 Å². The fourth-order valence-corrected chi connectivity index (χ4v) is 1.58. The van der Waals surface area contributed by atoms with Crippen LogP contribution in [-0.2, 0) is 4.79 Å². The predicted molar refractivity (Wildman–Crippen MR) is 78.9 cm³/mol. The van der Waals surface area contributed by atoms with E-state index in [1.807, 2.05) is 44.2 Å². The van der Waals surface area contributed by atoms with Crippen LogP contribution in [0.4, 0.5) is 5.69 Å². The second kappa shape index (κ2) is 6.56. The number of nitrogens with zero attached hydrogens (tertiary/aromatic N) is 1. The van der Waals surface area contributed by atoms with Gasteiger partial charge < -0.3 is 9.73 Å². The Kier molecular flexibility index (Phi) is 4.55. The lowest BCUT2D eigenvalue weighted by molar-refractivity contribution is -0.119. The summed E-state index contributed by atoms with van der Waals surface area (Å²) < 4.78 is 5.29. The summed E-state index contributed by atoms with van der Waals surface area (Å²) in [4.78, 5) is 11.6. The van der Waals surface area contributed by atoms with Crippen LogP contribution in [0.25, 0.3) is 0 Å². The predicted octanol–water partition coefficient (Wildman–Crippen LogP) is 2.46. The number of amides is 1. The van der Waals surface area contributed by atoms with Gasteiger partial charge in [-0.25, -0.2) is 5.43 Å². The lowest BCUT2D eigenvalue weighted by Crippen LogP contribution is -2.25. The summed E-state index contributed by atoms with van der Waals surface area (Å²) in [6, 6.07) is 11.4. The number of benzene rings is 1. The van der Waals surface area contributed by atoms with Gasteiger partial charge in [0.15, 0.2) is 0 Å². The molecule has 0 spiro atoms. The average molecular weight is 271 g/mol. The molecule has 5 nitrogen and oxygen atoms in total. The zero-order chi connectivity index (χ0) is 14.4. The molecule has 0 atom stereocenters. The van der Waals surface area contributed by atoms with Crippen molar-refractivity contribution in [1.29, 1.82) is 0 Å². The first kappa shape index (κ1) is 13.9. The molecule has 0 saturated heterocycles. The maximum absolute atomic E-state index is 11.6. The molecular weight excluding hydrogens is 254 g/mol. The second-order valence-corrected chi connectivity index (χ2v) is 4.46. The minimum absolute atomic E-state index is 0.164. The van der Waals surface area contributed by atoms with Crippen molar-refractivity contribution < 1.29 is 9.21 Å². The molecule has 1 aromatic carbocycles. The summed E-state index contributed by atoms with van der Waals surface area (Å²) in [5.41, 5.74) is 4.51. The molecular formula is C15H17N3O2. The van der Waals surface area contributed by atoms with Crippen molar-refractivity contribution in [2.75, 3.05) is 11.9 Å². The molecule has 1 amide bonds. The minimum atomic E-state index is -0.217. The molecule has 0 aliphatic carbocycles.